The van der Waals surface area contributed by atoms with Gasteiger partial charge in [0.2, 0.25) is 5.91 Å². The zero-order chi connectivity index (χ0) is 25.7. The summed E-state index contributed by atoms with van der Waals surface area (Å²) in [5, 5.41) is 2.98. The third-order valence-corrected chi connectivity index (χ3v) is 7.43. The minimum absolute atomic E-state index is 0.0176. The molecule has 8 heteroatoms. The number of pyridine rings is 1. The Hall–Kier alpha value is -2.97. The number of aromatic nitrogens is 1. The van der Waals surface area contributed by atoms with E-state index >= 15 is 0 Å². The summed E-state index contributed by atoms with van der Waals surface area (Å²) in [5.41, 5.74) is 2.20. The first-order valence-electron chi connectivity index (χ1n) is 12.8. The number of likely N-dealkylation sites (N-methyl/N-ethyl adjacent to an activating group) is 1. The number of benzene rings is 1. The number of amides is 2. The number of nitrogens with zero attached hydrogens (tertiary/aromatic N) is 3. The average Bonchev–Trinajstić information content (AvgIpc) is 2.84. The van der Waals surface area contributed by atoms with Gasteiger partial charge in [-0.1, -0.05) is 19.4 Å². The van der Waals surface area contributed by atoms with Crippen LogP contribution in [0.3, 0.4) is 0 Å². The number of rotatable bonds is 5. The summed E-state index contributed by atoms with van der Waals surface area (Å²) in [6, 6.07) is 9.45. The molecular formula is C28H38N4O4. The number of ether oxygens (including phenoxy) is 2. The Kier molecular flexibility index (Phi) is 8.59. The second-order valence-corrected chi connectivity index (χ2v) is 10.2. The Morgan fingerprint density at radius 2 is 2.03 bits per heavy atom. The predicted octanol–water partition coefficient (Wildman–Crippen LogP) is 3.83. The first kappa shape index (κ1) is 26.1. The second-order valence-electron chi connectivity index (χ2n) is 10.2. The Morgan fingerprint density at radius 3 is 2.69 bits per heavy atom. The molecule has 1 aromatic carbocycles. The topological polar surface area (TPSA) is 84.0 Å². The number of carbonyl (C=O) groups excluding carboxylic acids is 2. The first-order valence-corrected chi connectivity index (χ1v) is 12.8. The maximum Gasteiger partial charge on any atom is 0.257 e. The van der Waals surface area contributed by atoms with Crippen LogP contribution >= 0.6 is 0 Å². The van der Waals surface area contributed by atoms with Crippen molar-refractivity contribution in [1.29, 1.82) is 0 Å². The van der Waals surface area contributed by atoms with Crippen LogP contribution in [0.2, 0.25) is 0 Å². The van der Waals surface area contributed by atoms with Gasteiger partial charge >= 0.3 is 0 Å². The summed E-state index contributed by atoms with van der Waals surface area (Å²) in [6.45, 7) is 6.69. The summed E-state index contributed by atoms with van der Waals surface area (Å²) in [5.74, 6) is 0.625. The van der Waals surface area contributed by atoms with Gasteiger partial charge in [-0.3, -0.25) is 19.5 Å². The summed E-state index contributed by atoms with van der Waals surface area (Å²) in [7, 11) is 3.48. The summed E-state index contributed by atoms with van der Waals surface area (Å²) >= 11 is 0. The maximum absolute atomic E-state index is 13.5. The third-order valence-electron chi connectivity index (χ3n) is 7.43. The van der Waals surface area contributed by atoms with Crippen LogP contribution in [0, 0.1) is 11.8 Å². The Morgan fingerprint density at radius 1 is 1.22 bits per heavy atom. The van der Waals surface area contributed by atoms with Gasteiger partial charge in [-0.25, -0.2) is 0 Å². The number of hydrogen-bond donors (Lipinski definition) is 1. The van der Waals surface area contributed by atoms with E-state index in [0.29, 0.717) is 30.2 Å². The van der Waals surface area contributed by atoms with Crippen molar-refractivity contribution in [3.63, 3.8) is 0 Å². The van der Waals surface area contributed by atoms with Gasteiger partial charge in [0, 0.05) is 63.8 Å². The zero-order valence-electron chi connectivity index (χ0n) is 21.8. The average molecular weight is 495 g/mol. The Labute approximate surface area is 214 Å². The second kappa shape index (κ2) is 11.8. The van der Waals surface area contributed by atoms with Gasteiger partial charge in [0.25, 0.3) is 5.91 Å². The number of methoxy groups -OCH3 is 1. The van der Waals surface area contributed by atoms with E-state index in [-0.39, 0.29) is 35.8 Å². The van der Waals surface area contributed by atoms with E-state index in [1.807, 2.05) is 18.3 Å². The van der Waals surface area contributed by atoms with E-state index in [1.165, 1.54) is 0 Å². The molecule has 2 aliphatic rings. The van der Waals surface area contributed by atoms with Crippen molar-refractivity contribution in [3.05, 3.63) is 53.9 Å². The molecule has 0 bridgehead atoms. The quantitative estimate of drug-likeness (QED) is 0.680. The number of fused-ring (bicyclic) bond motifs is 1. The fraction of sp³-hybridized carbons (Fsp3) is 0.536. The fourth-order valence-electron chi connectivity index (χ4n) is 4.79. The van der Waals surface area contributed by atoms with Crippen molar-refractivity contribution in [2.24, 2.45) is 11.8 Å². The highest BCUT2D eigenvalue weighted by Crippen LogP contribution is 2.30. The summed E-state index contributed by atoms with van der Waals surface area (Å²) in [6.07, 6.45) is 6.48. The van der Waals surface area contributed by atoms with Gasteiger partial charge in [-0.2, -0.15) is 0 Å². The minimum atomic E-state index is -0.153. The molecule has 2 amide bonds. The van der Waals surface area contributed by atoms with E-state index in [9.17, 15) is 9.59 Å². The van der Waals surface area contributed by atoms with Gasteiger partial charge in [0.15, 0.2) is 0 Å². The lowest BCUT2D eigenvalue weighted by molar-refractivity contribution is -0.122. The predicted molar refractivity (Wildman–Crippen MR) is 139 cm³/mol. The van der Waals surface area contributed by atoms with Crippen LogP contribution in [0.1, 0.15) is 49.0 Å². The Balaban J connectivity index is 1.60. The van der Waals surface area contributed by atoms with Gasteiger partial charge in [-0.05, 0) is 55.5 Å². The summed E-state index contributed by atoms with van der Waals surface area (Å²) in [4.78, 5) is 34.3. The van der Waals surface area contributed by atoms with Gasteiger partial charge in [0.1, 0.15) is 12.4 Å². The lowest BCUT2D eigenvalue weighted by Crippen LogP contribution is -2.46. The molecule has 3 atom stereocenters. The van der Waals surface area contributed by atoms with Crippen LogP contribution in [0.15, 0.2) is 42.7 Å². The lowest BCUT2D eigenvalue weighted by Gasteiger charge is -2.36. The molecule has 194 valence electrons. The van der Waals surface area contributed by atoms with Gasteiger partial charge in [0.05, 0.1) is 11.7 Å². The molecule has 0 radical (unpaired) electrons. The van der Waals surface area contributed by atoms with Crippen molar-refractivity contribution in [2.75, 3.05) is 39.2 Å². The highest BCUT2D eigenvalue weighted by atomic mass is 16.5. The van der Waals surface area contributed by atoms with E-state index in [0.717, 1.165) is 37.9 Å². The molecule has 2 heterocycles. The SMILES string of the molecule is CO[C@@H]1CN(C)C(=O)c2cc(NC(=O)C3CCC3)ccc2OC[C@@H](C)N(Cc2cccnc2)C[C@@H]1C. The molecule has 0 saturated heterocycles. The molecule has 2 aromatic rings. The number of nitrogens with one attached hydrogen (secondary N) is 1. The molecule has 1 aliphatic carbocycles. The molecule has 1 N–H and O–H groups in total. The number of carbonyl (C=O) groups is 2. The highest BCUT2D eigenvalue weighted by Gasteiger charge is 2.29. The molecule has 0 spiro atoms. The fourth-order valence-corrected chi connectivity index (χ4v) is 4.79. The molecule has 1 aromatic heterocycles. The Bertz CT molecular complexity index is 1040. The monoisotopic (exact) mass is 494 g/mol. The van der Waals surface area contributed by atoms with Crippen molar-refractivity contribution in [3.8, 4) is 5.75 Å². The van der Waals surface area contributed by atoms with Crippen LogP contribution < -0.4 is 10.1 Å². The van der Waals surface area contributed by atoms with Crippen molar-refractivity contribution >= 4 is 17.5 Å². The van der Waals surface area contributed by atoms with Crippen LogP contribution in [0.25, 0.3) is 0 Å². The van der Waals surface area contributed by atoms with Crippen LogP contribution in [0.5, 0.6) is 5.75 Å². The largest absolute Gasteiger partial charge is 0.491 e. The normalized spacial score (nSPS) is 24.1. The molecule has 1 fully saturated rings. The summed E-state index contributed by atoms with van der Waals surface area (Å²) < 4.78 is 12.1. The first-order chi connectivity index (χ1) is 17.4. The minimum Gasteiger partial charge on any atom is -0.491 e. The lowest BCUT2D eigenvalue weighted by atomic mass is 9.85. The molecule has 8 nitrogen and oxygen atoms in total. The molecule has 0 unspecified atom stereocenters. The van der Waals surface area contributed by atoms with E-state index in [2.05, 4.69) is 35.1 Å². The number of hydrogen-bond acceptors (Lipinski definition) is 6. The van der Waals surface area contributed by atoms with Crippen molar-refractivity contribution < 1.29 is 19.1 Å². The molecule has 1 saturated carbocycles. The van der Waals surface area contributed by atoms with Crippen LogP contribution in [0.4, 0.5) is 5.69 Å². The highest BCUT2D eigenvalue weighted by molar-refractivity contribution is 6.00. The van der Waals surface area contributed by atoms with Gasteiger partial charge < -0.3 is 19.7 Å². The van der Waals surface area contributed by atoms with E-state index in [4.69, 9.17) is 9.47 Å². The van der Waals surface area contributed by atoms with E-state index in [1.54, 1.807) is 37.4 Å². The molecular weight excluding hydrogens is 456 g/mol. The van der Waals surface area contributed by atoms with Crippen LogP contribution in [-0.2, 0) is 16.1 Å². The smallest absolute Gasteiger partial charge is 0.257 e. The van der Waals surface area contributed by atoms with E-state index < -0.39 is 0 Å². The van der Waals surface area contributed by atoms with Crippen molar-refractivity contribution in [2.45, 2.75) is 51.8 Å². The van der Waals surface area contributed by atoms with Crippen LogP contribution in [-0.4, -0.2) is 72.6 Å². The molecule has 36 heavy (non-hydrogen) atoms. The maximum atomic E-state index is 13.5. The number of anilines is 1. The van der Waals surface area contributed by atoms with Crippen molar-refractivity contribution in [1.82, 2.24) is 14.8 Å². The zero-order valence-corrected chi connectivity index (χ0v) is 21.8. The molecule has 4 rings (SSSR count). The molecule has 1 aliphatic heterocycles. The standard InChI is InChI=1S/C28H38N4O4/c1-19-15-32(16-21-7-6-12-29-14-21)20(2)18-36-25-11-10-23(30-27(33)22-8-5-9-22)13-24(25)28(34)31(3)17-26(19)35-4/h6-7,10-14,19-20,22,26H,5,8-9,15-18H2,1-4H3,(H,30,33)/t19-,20+,26+/m0/s1. The van der Waals surface area contributed by atoms with Gasteiger partial charge in [-0.15, -0.1) is 0 Å². The third kappa shape index (κ3) is 6.23.